The van der Waals surface area contributed by atoms with Crippen LogP contribution in [0, 0.1) is 0 Å². The molecule has 0 amide bonds. The number of hydrogen-bond donors (Lipinski definition) is 0. The summed E-state index contributed by atoms with van der Waals surface area (Å²) in [5, 5.41) is 0.0376. The van der Waals surface area contributed by atoms with E-state index in [9.17, 15) is 8.42 Å². The van der Waals surface area contributed by atoms with Gasteiger partial charge in [-0.25, -0.2) is 13.4 Å². The van der Waals surface area contributed by atoms with E-state index in [0.717, 1.165) is 6.26 Å². The maximum absolute atomic E-state index is 11.2. The Kier molecular flexibility index (Phi) is 3.10. The second kappa shape index (κ2) is 3.96. The summed E-state index contributed by atoms with van der Waals surface area (Å²) in [5.41, 5.74) is 0. The van der Waals surface area contributed by atoms with Crippen molar-refractivity contribution >= 4 is 9.84 Å². The fourth-order valence-corrected chi connectivity index (χ4v) is 1.49. The summed E-state index contributed by atoms with van der Waals surface area (Å²) in [5.74, 6) is 0.336. The topological polar surface area (TPSA) is 56.3 Å². The zero-order valence-electron chi connectivity index (χ0n) is 8.39. The Morgan fingerprint density at radius 3 is 2.50 bits per heavy atom. The standard InChI is InChI=1S/C9H13NO3S/c1-7(2)13-8-5-4-6-9(10-8)14(3,11)12/h4-7H,1-3H3. The largest absolute Gasteiger partial charge is 0.475 e. The molecular formula is C9H13NO3S. The van der Waals surface area contributed by atoms with Crippen LogP contribution < -0.4 is 4.74 Å². The third kappa shape index (κ3) is 2.99. The third-order valence-electron chi connectivity index (χ3n) is 1.43. The van der Waals surface area contributed by atoms with Crippen LogP contribution in [0.4, 0.5) is 0 Å². The van der Waals surface area contributed by atoms with Gasteiger partial charge in [-0.2, -0.15) is 0 Å². The SMILES string of the molecule is CC(C)Oc1cccc(S(C)(=O)=O)n1. The lowest BCUT2D eigenvalue weighted by molar-refractivity contribution is 0.231. The maximum Gasteiger partial charge on any atom is 0.214 e. The van der Waals surface area contributed by atoms with Gasteiger partial charge < -0.3 is 4.74 Å². The highest BCUT2D eigenvalue weighted by Crippen LogP contribution is 2.12. The molecule has 0 aliphatic carbocycles. The molecule has 1 aromatic rings. The molecule has 1 aromatic heterocycles. The number of ether oxygens (including phenoxy) is 1. The van der Waals surface area contributed by atoms with Crippen LogP contribution in [0.25, 0.3) is 0 Å². The van der Waals surface area contributed by atoms with E-state index in [1.165, 1.54) is 6.07 Å². The van der Waals surface area contributed by atoms with Crippen LogP contribution in [-0.4, -0.2) is 25.8 Å². The van der Waals surface area contributed by atoms with Crippen molar-refractivity contribution in [3.8, 4) is 5.88 Å². The summed E-state index contributed by atoms with van der Waals surface area (Å²) >= 11 is 0. The zero-order valence-corrected chi connectivity index (χ0v) is 9.21. The van der Waals surface area contributed by atoms with E-state index >= 15 is 0 Å². The molecule has 4 nitrogen and oxygen atoms in total. The summed E-state index contributed by atoms with van der Waals surface area (Å²) in [6.07, 6.45) is 1.10. The molecule has 0 fully saturated rings. The van der Waals surface area contributed by atoms with Crippen molar-refractivity contribution in [1.29, 1.82) is 0 Å². The van der Waals surface area contributed by atoms with Crippen molar-refractivity contribution in [2.45, 2.75) is 25.0 Å². The van der Waals surface area contributed by atoms with Crippen LogP contribution in [0.2, 0.25) is 0 Å². The first kappa shape index (κ1) is 11.0. The molecule has 0 atom stereocenters. The molecule has 0 unspecified atom stereocenters. The van der Waals surface area contributed by atoms with Crippen LogP contribution in [-0.2, 0) is 9.84 Å². The smallest absolute Gasteiger partial charge is 0.214 e. The molecule has 0 saturated carbocycles. The maximum atomic E-state index is 11.2. The van der Waals surface area contributed by atoms with E-state index < -0.39 is 9.84 Å². The van der Waals surface area contributed by atoms with Gasteiger partial charge in [0, 0.05) is 12.3 Å². The molecule has 0 aliphatic rings. The van der Waals surface area contributed by atoms with Crippen molar-refractivity contribution in [2.24, 2.45) is 0 Å². The van der Waals surface area contributed by atoms with Crippen molar-refractivity contribution in [3.05, 3.63) is 18.2 Å². The Balaban J connectivity index is 3.02. The number of aromatic nitrogens is 1. The Bertz CT molecular complexity index is 412. The van der Waals surface area contributed by atoms with Gasteiger partial charge in [0.1, 0.15) is 0 Å². The van der Waals surface area contributed by atoms with Crippen molar-refractivity contribution in [1.82, 2.24) is 4.98 Å². The molecule has 0 spiro atoms. The molecule has 0 bridgehead atoms. The van der Waals surface area contributed by atoms with E-state index in [1.807, 2.05) is 13.8 Å². The van der Waals surface area contributed by atoms with Gasteiger partial charge in [-0.15, -0.1) is 0 Å². The Morgan fingerprint density at radius 1 is 1.36 bits per heavy atom. The van der Waals surface area contributed by atoms with Crippen LogP contribution in [0.1, 0.15) is 13.8 Å². The highest BCUT2D eigenvalue weighted by atomic mass is 32.2. The van der Waals surface area contributed by atoms with Crippen molar-refractivity contribution < 1.29 is 13.2 Å². The first-order chi connectivity index (χ1) is 6.39. The van der Waals surface area contributed by atoms with E-state index in [2.05, 4.69) is 4.98 Å². The van der Waals surface area contributed by atoms with Gasteiger partial charge in [-0.05, 0) is 19.9 Å². The van der Waals surface area contributed by atoms with Gasteiger partial charge >= 0.3 is 0 Å². The number of pyridine rings is 1. The van der Waals surface area contributed by atoms with Crippen LogP contribution in [0.5, 0.6) is 5.88 Å². The second-order valence-corrected chi connectivity index (χ2v) is 5.22. The molecule has 0 aromatic carbocycles. The predicted octanol–water partition coefficient (Wildman–Crippen LogP) is 1.27. The first-order valence-corrected chi connectivity index (χ1v) is 6.12. The molecular weight excluding hydrogens is 202 g/mol. The Hall–Kier alpha value is -1.10. The Labute approximate surface area is 83.8 Å². The monoisotopic (exact) mass is 215 g/mol. The summed E-state index contributed by atoms with van der Waals surface area (Å²) in [7, 11) is -3.25. The minimum atomic E-state index is -3.25. The highest BCUT2D eigenvalue weighted by molar-refractivity contribution is 7.90. The van der Waals surface area contributed by atoms with Gasteiger partial charge in [0.05, 0.1) is 6.10 Å². The van der Waals surface area contributed by atoms with Crippen molar-refractivity contribution in [3.63, 3.8) is 0 Å². The molecule has 0 N–H and O–H groups in total. The summed E-state index contributed by atoms with van der Waals surface area (Å²) in [6.45, 7) is 3.71. The Morgan fingerprint density at radius 2 is 2.00 bits per heavy atom. The summed E-state index contributed by atoms with van der Waals surface area (Å²) in [4.78, 5) is 3.87. The van der Waals surface area contributed by atoms with Crippen molar-refractivity contribution in [2.75, 3.05) is 6.26 Å². The fourth-order valence-electron chi connectivity index (χ4n) is 0.910. The molecule has 0 saturated heterocycles. The quantitative estimate of drug-likeness (QED) is 0.762. The number of rotatable bonds is 3. The average Bonchev–Trinajstić information content (AvgIpc) is 2.01. The number of sulfone groups is 1. The van der Waals surface area contributed by atoms with Gasteiger partial charge in [0.2, 0.25) is 5.88 Å². The van der Waals surface area contributed by atoms with E-state index in [1.54, 1.807) is 12.1 Å². The van der Waals surface area contributed by atoms with Gasteiger partial charge in [0.15, 0.2) is 14.9 Å². The van der Waals surface area contributed by atoms with Crippen LogP contribution >= 0.6 is 0 Å². The summed E-state index contributed by atoms with van der Waals surface area (Å²) < 4.78 is 27.6. The average molecular weight is 215 g/mol. The minimum absolute atomic E-state index is 0.0164. The van der Waals surface area contributed by atoms with Gasteiger partial charge in [-0.1, -0.05) is 6.07 Å². The third-order valence-corrected chi connectivity index (χ3v) is 2.42. The zero-order chi connectivity index (χ0) is 10.8. The molecule has 5 heteroatoms. The second-order valence-electron chi connectivity index (χ2n) is 3.25. The number of hydrogen-bond acceptors (Lipinski definition) is 4. The number of nitrogens with zero attached hydrogens (tertiary/aromatic N) is 1. The fraction of sp³-hybridized carbons (Fsp3) is 0.444. The molecule has 1 heterocycles. The van der Waals surface area contributed by atoms with Gasteiger partial charge in [-0.3, -0.25) is 0 Å². The van der Waals surface area contributed by atoms with Crippen LogP contribution in [0.3, 0.4) is 0 Å². The summed E-state index contributed by atoms with van der Waals surface area (Å²) in [6, 6.07) is 4.69. The van der Waals surface area contributed by atoms with E-state index in [0.29, 0.717) is 5.88 Å². The lowest BCUT2D eigenvalue weighted by Gasteiger charge is -2.08. The van der Waals surface area contributed by atoms with E-state index in [-0.39, 0.29) is 11.1 Å². The van der Waals surface area contributed by atoms with E-state index in [4.69, 9.17) is 4.74 Å². The van der Waals surface area contributed by atoms with Gasteiger partial charge in [0.25, 0.3) is 0 Å². The van der Waals surface area contributed by atoms with Crippen LogP contribution in [0.15, 0.2) is 23.2 Å². The molecule has 14 heavy (non-hydrogen) atoms. The molecule has 78 valence electrons. The predicted molar refractivity (Wildman–Crippen MR) is 53.1 cm³/mol. The lowest BCUT2D eigenvalue weighted by atomic mass is 10.4. The first-order valence-electron chi connectivity index (χ1n) is 4.23. The highest BCUT2D eigenvalue weighted by Gasteiger charge is 2.09. The molecule has 0 radical (unpaired) electrons. The minimum Gasteiger partial charge on any atom is -0.475 e. The normalized spacial score (nSPS) is 11.7. The lowest BCUT2D eigenvalue weighted by Crippen LogP contribution is -2.08. The molecule has 0 aliphatic heterocycles. The molecule has 1 rings (SSSR count).